The molecule has 3 rings (SSSR count). The van der Waals surface area contributed by atoms with Crippen LogP contribution in [0.3, 0.4) is 0 Å². The van der Waals surface area contributed by atoms with Gasteiger partial charge in [-0.2, -0.15) is 0 Å². The Morgan fingerprint density at radius 1 is 0.900 bits per heavy atom. The van der Waals surface area contributed by atoms with Gasteiger partial charge in [-0.3, -0.25) is 0 Å². The van der Waals surface area contributed by atoms with Crippen LogP contribution in [0.25, 0.3) is 10.8 Å². The summed E-state index contributed by atoms with van der Waals surface area (Å²) >= 11 is 0. The van der Waals surface area contributed by atoms with Crippen LogP contribution in [0.4, 0.5) is 11.5 Å². The van der Waals surface area contributed by atoms with Gasteiger partial charge >= 0.3 is 0 Å². The number of phenolic OH excluding ortho intramolecular Hbond substituents is 1. The number of aromatic nitrogens is 1. The number of rotatable bonds is 2. The van der Waals surface area contributed by atoms with Crippen molar-refractivity contribution in [1.29, 1.82) is 0 Å². The minimum atomic E-state index is 0.111. The Labute approximate surface area is 116 Å². The van der Waals surface area contributed by atoms with Gasteiger partial charge in [-0.15, -0.1) is 10.2 Å². The molecule has 20 heavy (non-hydrogen) atoms. The molecule has 0 atom stereocenters. The maximum Gasteiger partial charge on any atom is 0.174 e. The van der Waals surface area contributed by atoms with Crippen molar-refractivity contribution >= 4 is 22.3 Å². The molecular formula is C16H13N3O. The molecule has 0 bridgehead atoms. The van der Waals surface area contributed by atoms with Crippen molar-refractivity contribution in [3.63, 3.8) is 0 Å². The first-order chi connectivity index (χ1) is 9.74. The predicted molar refractivity (Wildman–Crippen MR) is 78.8 cm³/mol. The maximum atomic E-state index is 9.97. The van der Waals surface area contributed by atoms with Crippen LogP contribution < -0.4 is 0 Å². The van der Waals surface area contributed by atoms with E-state index in [2.05, 4.69) is 15.2 Å². The molecule has 0 fully saturated rings. The number of fused-ring (bicyclic) bond motifs is 1. The molecule has 0 aliphatic carbocycles. The van der Waals surface area contributed by atoms with Crippen LogP contribution in [-0.2, 0) is 0 Å². The second kappa shape index (κ2) is 5.09. The number of azo groups is 1. The maximum absolute atomic E-state index is 9.97. The van der Waals surface area contributed by atoms with Crippen molar-refractivity contribution in [2.24, 2.45) is 10.2 Å². The summed E-state index contributed by atoms with van der Waals surface area (Å²) in [7, 11) is 0. The van der Waals surface area contributed by atoms with Gasteiger partial charge in [0.25, 0.3) is 0 Å². The first-order valence-electron chi connectivity index (χ1n) is 6.30. The molecule has 1 N–H and O–H groups in total. The molecule has 0 saturated heterocycles. The minimum Gasteiger partial charge on any atom is -0.506 e. The normalized spacial score (nSPS) is 11.2. The van der Waals surface area contributed by atoms with Crippen molar-refractivity contribution in [1.82, 2.24) is 4.98 Å². The quantitative estimate of drug-likeness (QED) is 0.683. The van der Waals surface area contributed by atoms with Crippen molar-refractivity contribution in [3.8, 4) is 5.75 Å². The molecule has 2 aromatic carbocycles. The molecule has 1 aromatic heterocycles. The fourth-order valence-electron chi connectivity index (χ4n) is 2.03. The predicted octanol–water partition coefficient (Wildman–Crippen LogP) is 4.66. The summed E-state index contributed by atoms with van der Waals surface area (Å²) in [6.07, 6.45) is 0. The standard InChI is InChI=1S/C16H13N3O/c1-11-5-4-8-15(17-11)18-19-16-13-7-3-2-6-12(13)9-10-14(16)20/h2-10,20H,1H3/b19-18+. The smallest absolute Gasteiger partial charge is 0.174 e. The van der Waals surface area contributed by atoms with Crippen LogP contribution in [-0.4, -0.2) is 10.1 Å². The third kappa shape index (κ3) is 2.36. The molecule has 0 unspecified atom stereocenters. The summed E-state index contributed by atoms with van der Waals surface area (Å²) in [4.78, 5) is 4.26. The summed E-state index contributed by atoms with van der Waals surface area (Å²) in [5.41, 5.74) is 1.34. The van der Waals surface area contributed by atoms with E-state index in [1.807, 2.05) is 49.4 Å². The van der Waals surface area contributed by atoms with Gasteiger partial charge in [-0.1, -0.05) is 36.4 Å². The van der Waals surface area contributed by atoms with E-state index < -0.39 is 0 Å². The lowest BCUT2D eigenvalue weighted by Crippen LogP contribution is -1.78. The van der Waals surface area contributed by atoms with E-state index in [9.17, 15) is 5.11 Å². The fourth-order valence-corrected chi connectivity index (χ4v) is 2.03. The Hall–Kier alpha value is -2.75. The Balaban J connectivity index is 2.08. The number of phenols is 1. The number of benzene rings is 2. The summed E-state index contributed by atoms with van der Waals surface area (Å²) in [6, 6.07) is 16.8. The van der Waals surface area contributed by atoms with Gasteiger partial charge in [-0.25, -0.2) is 4.98 Å². The lowest BCUT2D eigenvalue weighted by atomic mass is 10.1. The number of aryl methyl sites for hydroxylation is 1. The Morgan fingerprint density at radius 2 is 1.75 bits per heavy atom. The number of hydrogen-bond acceptors (Lipinski definition) is 4. The molecule has 0 aliphatic rings. The summed E-state index contributed by atoms with van der Waals surface area (Å²) < 4.78 is 0. The molecular weight excluding hydrogens is 250 g/mol. The van der Waals surface area contributed by atoms with Crippen molar-refractivity contribution in [2.75, 3.05) is 0 Å². The van der Waals surface area contributed by atoms with Crippen molar-refractivity contribution in [2.45, 2.75) is 6.92 Å². The van der Waals surface area contributed by atoms with Crippen molar-refractivity contribution in [3.05, 3.63) is 60.3 Å². The third-order valence-corrected chi connectivity index (χ3v) is 3.01. The second-order valence-electron chi connectivity index (χ2n) is 4.49. The largest absolute Gasteiger partial charge is 0.506 e. The van der Waals surface area contributed by atoms with Gasteiger partial charge in [0, 0.05) is 11.1 Å². The van der Waals surface area contributed by atoms with E-state index in [4.69, 9.17) is 0 Å². The van der Waals surface area contributed by atoms with Gasteiger partial charge in [0.1, 0.15) is 11.4 Å². The van der Waals surface area contributed by atoms with Crippen LogP contribution in [0, 0.1) is 6.92 Å². The molecule has 0 aliphatic heterocycles. The zero-order valence-corrected chi connectivity index (χ0v) is 11.0. The highest BCUT2D eigenvalue weighted by Gasteiger charge is 2.05. The fraction of sp³-hybridized carbons (Fsp3) is 0.0625. The number of pyridine rings is 1. The Morgan fingerprint density at radius 3 is 2.60 bits per heavy atom. The van der Waals surface area contributed by atoms with Crippen LogP contribution in [0.2, 0.25) is 0 Å². The molecule has 3 aromatic rings. The van der Waals surface area contributed by atoms with E-state index in [0.717, 1.165) is 16.5 Å². The SMILES string of the molecule is Cc1cccc(/N=N/c2c(O)ccc3ccccc23)n1. The van der Waals surface area contributed by atoms with Gasteiger partial charge in [0.2, 0.25) is 0 Å². The van der Waals surface area contributed by atoms with Gasteiger partial charge < -0.3 is 5.11 Å². The lowest BCUT2D eigenvalue weighted by Gasteiger charge is -2.03. The summed E-state index contributed by atoms with van der Waals surface area (Å²) in [6.45, 7) is 1.90. The zero-order chi connectivity index (χ0) is 13.9. The zero-order valence-electron chi connectivity index (χ0n) is 11.0. The topological polar surface area (TPSA) is 57.8 Å². The third-order valence-electron chi connectivity index (χ3n) is 3.01. The summed E-state index contributed by atoms with van der Waals surface area (Å²) in [5, 5.41) is 20.1. The van der Waals surface area contributed by atoms with Gasteiger partial charge in [0.15, 0.2) is 5.82 Å². The Bertz CT molecular complexity index is 797. The number of aromatic hydroxyl groups is 1. The monoisotopic (exact) mass is 263 g/mol. The van der Waals surface area contributed by atoms with E-state index in [1.54, 1.807) is 12.1 Å². The highest BCUT2D eigenvalue weighted by Crippen LogP contribution is 2.35. The molecule has 0 amide bonds. The van der Waals surface area contributed by atoms with E-state index in [0.29, 0.717) is 11.5 Å². The van der Waals surface area contributed by atoms with Crippen LogP contribution in [0.15, 0.2) is 64.8 Å². The molecule has 0 radical (unpaired) electrons. The number of hydrogen-bond donors (Lipinski definition) is 1. The second-order valence-corrected chi connectivity index (χ2v) is 4.49. The molecule has 4 heteroatoms. The molecule has 4 nitrogen and oxygen atoms in total. The minimum absolute atomic E-state index is 0.111. The summed E-state index contributed by atoms with van der Waals surface area (Å²) in [5.74, 6) is 0.637. The number of nitrogens with zero attached hydrogens (tertiary/aromatic N) is 3. The first kappa shape index (κ1) is 12.3. The van der Waals surface area contributed by atoms with Gasteiger partial charge in [0.05, 0.1) is 0 Å². The van der Waals surface area contributed by atoms with Crippen LogP contribution in [0.1, 0.15) is 5.69 Å². The van der Waals surface area contributed by atoms with Crippen molar-refractivity contribution < 1.29 is 5.11 Å². The van der Waals surface area contributed by atoms with Crippen LogP contribution >= 0.6 is 0 Å². The van der Waals surface area contributed by atoms with Gasteiger partial charge in [-0.05, 0) is 30.5 Å². The molecule has 1 heterocycles. The first-order valence-corrected chi connectivity index (χ1v) is 6.30. The molecule has 0 saturated carbocycles. The lowest BCUT2D eigenvalue weighted by molar-refractivity contribution is 0.477. The van der Waals surface area contributed by atoms with E-state index in [-0.39, 0.29) is 5.75 Å². The Kier molecular flexibility index (Phi) is 3.13. The highest BCUT2D eigenvalue weighted by atomic mass is 16.3. The molecule has 98 valence electrons. The molecule has 0 spiro atoms. The van der Waals surface area contributed by atoms with E-state index >= 15 is 0 Å². The highest BCUT2D eigenvalue weighted by molar-refractivity contribution is 5.95. The average Bonchev–Trinajstić information content (AvgIpc) is 2.46. The van der Waals surface area contributed by atoms with E-state index in [1.165, 1.54) is 0 Å². The average molecular weight is 263 g/mol. The van der Waals surface area contributed by atoms with Crippen LogP contribution in [0.5, 0.6) is 5.75 Å².